The average Bonchev–Trinajstić information content (AvgIpc) is 2.52. The molecular weight excluding hydrogens is 362 g/mol. The van der Waals surface area contributed by atoms with Crippen LogP contribution < -0.4 is 15.1 Å². The van der Waals surface area contributed by atoms with E-state index in [9.17, 15) is 14.4 Å². The van der Waals surface area contributed by atoms with E-state index in [2.05, 4.69) is 21.2 Å². The van der Waals surface area contributed by atoms with Gasteiger partial charge in [-0.05, 0) is 18.6 Å². The number of carbonyl (C=O) groups excluding carboxylic acids is 3. The molecule has 1 aromatic carbocycles. The number of anilines is 2. The molecule has 1 N–H and O–H groups in total. The van der Waals surface area contributed by atoms with E-state index < -0.39 is 11.9 Å². The molecule has 0 aromatic heterocycles. The maximum absolute atomic E-state index is 12.1. The van der Waals surface area contributed by atoms with Gasteiger partial charge in [-0.1, -0.05) is 28.1 Å². The minimum Gasteiger partial charge on any atom is -0.369 e. The lowest BCUT2D eigenvalue weighted by Crippen LogP contribution is -2.52. The molecule has 23 heavy (non-hydrogen) atoms. The number of likely N-dealkylation sites (N-methyl/N-ethyl adjacent to an activating group) is 1. The third-order valence-electron chi connectivity index (χ3n) is 4.13. The second-order valence-electron chi connectivity index (χ2n) is 5.59. The van der Waals surface area contributed by atoms with Crippen LogP contribution in [0.4, 0.5) is 11.4 Å². The molecule has 1 atom stereocenters. The lowest BCUT2D eigenvalue weighted by molar-refractivity contribution is -0.134. The highest BCUT2D eigenvalue weighted by Gasteiger charge is 2.34. The smallest absolute Gasteiger partial charge is 0.249 e. The Morgan fingerprint density at radius 1 is 1.39 bits per heavy atom. The zero-order valence-corrected chi connectivity index (χ0v) is 14.2. The largest absolute Gasteiger partial charge is 0.369 e. The van der Waals surface area contributed by atoms with Gasteiger partial charge in [0.2, 0.25) is 18.2 Å². The SMILES string of the molecule is CN1CC=Cc2c(Br)ccc(N(C=O)C3CCC(=O)NC3=O)c21. The summed E-state index contributed by atoms with van der Waals surface area (Å²) in [4.78, 5) is 38.6. The maximum Gasteiger partial charge on any atom is 0.249 e. The van der Waals surface area contributed by atoms with E-state index >= 15 is 0 Å². The number of rotatable bonds is 3. The van der Waals surface area contributed by atoms with Crippen molar-refractivity contribution in [3.63, 3.8) is 0 Å². The lowest BCUT2D eigenvalue weighted by atomic mass is 10.0. The Labute approximate surface area is 142 Å². The van der Waals surface area contributed by atoms with Gasteiger partial charge in [0.25, 0.3) is 0 Å². The zero-order valence-electron chi connectivity index (χ0n) is 12.6. The number of nitrogens with one attached hydrogen (secondary N) is 1. The summed E-state index contributed by atoms with van der Waals surface area (Å²) in [5, 5.41) is 2.30. The Morgan fingerprint density at radius 3 is 2.87 bits per heavy atom. The Kier molecular flexibility index (Phi) is 4.21. The molecule has 1 aromatic rings. The van der Waals surface area contributed by atoms with Gasteiger partial charge >= 0.3 is 0 Å². The molecule has 1 unspecified atom stereocenters. The van der Waals surface area contributed by atoms with E-state index in [-0.39, 0.29) is 12.3 Å². The van der Waals surface area contributed by atoms with Gasteiger partial charge in [0.05, 0.1) is 11.4 Å². The van der Waals surface area contributed by atoms with E-state index in [1.165, 1.54) is 4.90 Å². The molecule has 0 bridgehead atoms. The summed E-state index contributed by atoms with van der Waals surface area (Å²) < 4.78 is 0.924. The predicted octanol–water partition coefficient (Wildman–Crippen LogP) is 1.68. The number of benzene rings is 1. The third kappa shape index (κ3) is 2.76. The van der Waals surface area contributed by atoms with Crippen LogP contribution in [0.5, 0.6) is 0 Å². The summed E-state index contributed by atoms with van der Waals surface area (Å²) in [6.45, 7) is 0.721. The minimum absolute atomic E-state index is 0.231. The monoisotopic (exact) mass is 377 g/mol. The van der Waals surface area contributed by atoms with Crippen LogP contribution in [-0.2, 0) is 14.4 Å². The molecule has 2 heterocycles. The number of carbonyl (C=O) groups is 3. The summed E-state index contributed by atoms with van der Waals surface area (Å²) in [6, 6.07) is 3.01. The molecule has 7 heteroatoms. The van der Waals surface area contributed by atoms with E-state index in [4.69, 9.17) is 0 Å². The van der Waals surface area contributed by atoms with Gasteiger partial charge in [-0.2, -0.15) is 0 Å². The van der Waals surface area contributed by atoms with Gasteiger partial charge in [0.1, 0.15) is 6.04 Å². The topological polar surface area (TPSA) is 69.7 Å². The summed E-state index contributed by atoms with van der Waals surface area (Å²) in [6.07, 6.45) is 5.25. The Balaban J connectivity index is 2.06. The molecule has 120 valence electrons. The van der Waals surface area contributed by atoms with Crippen LogP contribution >= 0.6 is 15.9 Å². The van der Waals surface area contributed by atoms with Crippen molar-refractivity contribution in [2.24, 2.45) is 0 Å². The summed E-state index contributed by atoms with van der Waals surface area (Å²) >= 11 is 3.52. The first kappa shape index (κ1) is 15.7. The number of amides is 3. The van der Waals surface area contributed by atoms with Gasteiger partial charge in [-0.15, -0.1) is 0 Å². The number of halogens is 1. The fraction of sp³-hybridized carbons (Fsp3) is 0.312. The Hall–Kier alpha value is -2.15. The van der Waals surface area contributed by atoms with Crippen LogP contribution in [-0.4, -0.2) is 37.9 Å². The number of hydrogen-bond donors (Lipinski definition) is 1. The van der Waals surface area contributed by atoms with E-state index in [1.54, 1.807) is 0 Å². The average molecular weight is 378 g/mol. The normalized spacial score (nSPS) is 20.1. The quantitative estimate of drug-likeness (QED) is 0.642. The molecule has 6 nitrogen and oxygen atoms in total. The Bertz CT molecular complexity index is 717. The van der Waals surface area contributed by atoms with Gasteiger partial charge in [-0.25, -0.2) is 0 Å². The van der Waals surface area contributed by atoms with Crippen LogP contribution in [0.25, 0.3) is 6.08 Å². The van der Waals surface area contributed by atoms with E-state index in [1.807, 2.05) is 36.2 Å². The van der Waals surface area contributed by atoms with Gasteiger partial charge in [0, 0.05) is 30.0 Å². The number of piperidine rings is 1. The second kappa shape index (κ2) is 6.16. The molecule has 0 spiro atoms. The van der Waals surface area contributed by atoms with Crippen LogP contribution in [0.3, 0.4) is 0 Å². The first-order chi connectivity index (χ1) is 11.0. The molecule has 0 aliphatic carbocycles. The molecule has 2 aliphatic heterocycles. The van der Waals surface area contributed by atoms with Gasteiger partial charge < -0.3 is 9.80 Å². The van der Waals surface area contributed by atoms with Crippen molar-refractivity contribution in [3.05, 3.63) is 28.2 Å². The van der Waals surface area contributed by atoms with Crippen LogP contribution in [0.2, 0.25) is 0 Å². The number of imide groups is 1. The number of fused-ring (bicyclic) bond motifs is 1. The first-order valence-corrected chi connectivity index (χ1v) is 8.09. The highest BCUT2D eigenvalue weighted by atomic mass is 79.9. The van der Waals surface area contributed by atoms with Gasteiger partial charge in [-0.3, -0.25) is 19.7 Å². The molecule has 3 rings (SSSR count). The van der Waals surface area contributed by atoms with Crippen molar-refractivity contribution in [1.82, 2.24) is 5.32 Å². The third-order valence-corrected chi connectivity index (χ3v) is 4.82. The standard InChI is InChI=1S/C16H16BrN3O3/c1-19-8-2-3-10-11(17)4-5-12(15(10)19)20(9-21)13-6-7-14(22)18-16(13)23/h2-5,9,13H,6-8H2,1H3,(H,18,22,23). The minimum atomic E-state index is -0.671. The van der Waals surface area contributed by atoms with Crippen molar-refractivity contribution in [3.8, 4) is 0 Å². The van der Waals surface area contributed by atoms with Crippen LogP contribution in [0.1, 0.15) is 18.4 Å². The lowest BCUT2D eigenvalue weighted by Gasteiger charge is -2.35. The van der Waals surface area contributed by atoms with Crippen molar-refractivity contribution in [1.29, 1.82) is 0 Å². The molecule has 0 saturated carbocycles. The fourth-order valence-electron chi connectivity index (χ4n) is 3.01. The molecule has 1 saturated heterocycles. The van der Waals surface area contributed by atoms with Crippen molar-refractivity contribution >= 4 is 51.6 Å². The predicted molar refractivity (Wildman–Crippen MR) is 91.2 cm³/mol. The molecule has 3 amide bonds. The van der Waals surface area contributed by atoms with E-state index in [0.717, 1.165) is 22.3 Å². The number of nitrogens with zero attached hydrogens (tertiary/aromatic N) is 2. The highest BCUT2D eigenvalue weighted by molar-refractivity contribution is 9.10. The summed E-state index contributed by atoms with van der Waals surface area (Å²) in [5.41, 5.74) is 2.52. The molecular formula is C16H16BrN3O3. The van der Waals surface area contributed by atoms with Crippen LogP contribution in [0.15, 0.2) is 22.7 Å². The highest BCUT2D eigenvalue weighted by Crippen LogP contribution is 2.40. The van der Waals surface area contributed by atoms with Crippen molar-refractivity contribution in [2.75, 3.05) is 23.4 Å². The maximum atomic E-state index is 12.1. The molecule has 2 aliphatic rings. The fourth-order valence-corrected chi connectivity index (χ4v) is 3.46. The van der Waals surface area contributed by atoms with Gasteiger partial charge in [0.15, 0.2) is 0 Å². The van der Waals surface area contributed by atoms with Crippen molar-refractivity contribution in [2.45, 2.75) is 18.9 Å². The summed E-state index contributed by atoms with van der Waals surface area (Å²) in [5.74, 6) is -0.728. The molecule has 1 fully saturated rings. The zero-order chi connectivity index (χ0) is 16.6. The number of hydrogen-bond acceptors (Lipinski definition) is 4. The molecule has 0 radical (unpaired) electrons. The first-order valence-electron chi connectivity index (χ1n) is 7.30. The van der Waals surface area contributed by atoms with E-state index in [0.29, 0.717) is 18.5 Å². The Morgan fingerprint density at radius 2 is 2.17 bits per heavy atom. The summed E-state index contributed by atoms with van der Waals surface area (Å²) in [7, 11) is 1.94. The van der Waals surface area contributed by atoms with Crippen molar-refractivity contribution < 1.29 is 14.4 Å². The van der Waals surface area contributed by atoms with Crippen LogP contribution in [0, 0.1) is 0 Å². The second-order valence-corrected chi connectivity index (χ2v) is 6.45.